The second-order valence-corrected chi connectivity index (χ2v) is 4.42. The van der Waals surface area contributed by atoms with Gasteiger partial charge in [0.1, 0.15) is 5.56 Å². The third-order valence-electron chi connectivity index (χ3n) is 3.04. The second-order valence-electron chi connectivity index (χ2n) is 4.42. The summed E-state index contributed by atoms with van der Waals surface area (Å²) in [5, 5.41) is 13.3. The van der Waals surface area contributed by atoms with E-state index in [9.17, 15) is 9.90 Å². The summed E-state index contributed by atoms with van der Waals surface area (Å²) >= 11 is 0. The van der Waals surface area contributed by atoms with Gasteiger partial charge in [-0.15, -0.1) is 0 Å². The third kappa shape index (κ3) is 3.53. The van der Waals surface area contributed by atoms with E-state index in [1.807, 2.05) is 20.0 Å². The first-order chi connectivity index (χ1) is 10.1. The van der Waals surface area contributed by atoms with Gasteiger partial charge in [0.25, 0.3) is 0 Å². The number of carboxylic acid groups (broad SMARTS) is 1. The lowest BCUT2D eigenvalue weighted by molar-refractivity contribution is 0.0691. The Hall–Kier alpha value is -2.50. The number of benzene rings is 1. The van der Waals surface area contributed by atoms with Crippen molar-refractivity contribution in [2.24, 2.45) is 7.05 Å². The van der Waals surface area contributed by atoms with Crippen LogP contribution in [0.25, 0.3) is 0 Å². The van der Waals surface area contributed by atoms with Crippen LogP contribution in [0.1, 0.15) is 23.0 Å². The molecule has 6 nitrogen and oxygen atoms in total. The van der Waals surface area contributed by atoms with Gasteiger partial charge in [0.15, 0.2) is 11.5 Å². The molecule has 1 aromatic carbocycles. The van der Waals surface area contributed by atoms with Crippen LogP contribution in [-0.4, -0.2) is 34.1 Å². The third-order valence-corrected chi connectivity index (χ3v) is 3.04. The molecule has 0 aliphatic rings. The maximum atomic E-state index is 11.3. The van der Waals surface area contributed by atoms with Crippen molar-refractivity contribution in [1.29, 1.82) is 0 Å². The van der Waals surface area contributed by atoms with Crippen molar-refractivity contribution >= 4 is 5.97 Å². The minimum Gasteiger partial charge on any atom is -0.490 e. The predicted octanol–water partition coefficient (Wildman–Crippen LogP) is 2.14. The summed E-state index contributed by atoms with van der Waals surface area (Å²) in [6.45, 7) is 2.64. The molecule has 21 heavy (non-hydrogen) atoms. The summed E-state index contributed by atoms with van der Waals surface area (Å²) in [5.41, 5.74) is 1.12. The van der Waals surface area contributed by atoms with Crippen LogP contribution < -0.4 is 9.47 Å². The number of rotatable bonds is 7. The highest BCUT2D eigenvalue weighted by Gasteiger charge is 2.16. The number of carbonyl (C=O) groups is 1. The van der Waals surface area contributed by atoms with Crippen molar-refractivity contribution in [1.82, 2.24) is 9.78 Å². The van der Waals surface area contributed by atoms with Gasteiger partial charge >= 0.3 is 5.97 Å². The van der Waals surface area contributed by atoms with Crippen LogP contribution in [0.15, 0.2) is 30.5 Å². The van der Waals surface area contributed by atoms with Gasteiger partial charge < -0.3 is 14.6 Å². The van der Waals surface area contributed by atoms with Crippen LogP contribution in [0.2, 0.25) is 0 Å². The topological polar surface area (TPSA) is 73.6 Å². The number of nitrogens with zero attached hydrogens (tertiary/aromatic N) is 2. The predicted molar refractivity (Wildman–Crippen MR) is 77.0 cm³/mol. The first-order valence-corrected chi connectivity index (χ1v) is 6.72. The maximum Gasteiger partial charge on any atom is 0.339 e. The average Bonchev–Trinajstić information content (AvgIpc) is 2.86. The molecule has 0 bridgehead atoms. The number of para-hydroxylation sites is 1. The van der Waals surface area contributed by atoms with E-state index in [-0.39, 0.29) is 11.3 Å². The average molecular weight is 290 g/mol. The Bertz CT molecular complexity index is 622. The zero-order chi connectivity index (χ0) is 15.2. The minimum atomic E-state index is -1.04. The van der Waals surface area contributed by atoms with Gasteiger partial charge in [-0.3, -0.25) is 4.68 Å². The van der Waals surface area contributed by atoms with Crippen molar-refractivity contribution in [2.45, 2.75) is 13.3 Å². The van der Waals surface area contributed by atoms with E-state index in [2.05, 4.69) is 5.10 Å². The molecule has 0 fully saturated rings. The number of carboxylic acids is 1. The van der Waals surface area contributed by atoms with Crippen molar-refractivity contribution in [3.63, 3.8) is 0 Å². The summed E-state index contributed by atoms with van der Waals surface area (Å²) in [6.07, 6.45) is 2.35. The number of aryl methyl sites for hydroxylation is 1. The minimum absolute atomic E-state index is 0.103. The van der Waals surface area contributed by atoms with E-state index >= 15 is 0 Å². The Morgan fingerprint density at radius 2 is 2.14 bits per heavy atom. The molecular weight excluding hydrogens is 272 g/mol. The molecule has 0 aliphatic carbocycles. The molecule has 0 amide bonds. The van der Waals surface area contributed by atoms with Gasteiger partial charge in [0.2, 0.25) is 0 Å². The number of aromatic nitrogens is 2. The SMILES string of the molecule is CCOc1cccc(C(=O)O)c1OCCc1ccnn1C. The molecule has 112 valence electrons. The normalized spacial score (nSPS) is 10.4. The van der Waals surface area contributed by atoms with Gasteiger partial charge in [-0.05, 0) is 25.1 Å². The largest absolute Gasteiger partial charge is 0.490 e. The second kappa shape index (κ2) is 6.78. The number of aromatic carboxylic acids is 1. The molecule has 2 aromatic rings. The van der Waals surface area contributed by atoms with Gasteiger partial charge in [-0.25, -0.2) is 4.79 Å². The summed E-state index contributed by atoms with van der Waals surface area (Å²) in [4.78, 5) is 11.3. The van der Waals surface area contributed by atoms with Gasteiger partial charge in [-0.2, -0.15) is 5.10 Å². The number of hydrogen-bond acceptors (Lipinski definition) is 4. The van der Waals surface area contributed by atoms with Crippen molar-refractivity contribution in [3.05, 3.63) is 41.7 Å². The van der Waals surface area contributed by atoms with Crippen LogP contribution in [0, 0.1) is 0 Å². The van der Waals surface area contributed by atoms with E-state index in [0.717, 1.165) is 5.69 Å². The standard InChI is InChI=1S/C15H18N2O4/c1-3-20-13-6-4-5-12(15(18)19)14(13)21-10-8-11-7-9-16-17(11)2/h4-7,9H,3,8,10H2,1-2H3,(H,18,19). The van der Waals surface area contributed by atoms with Gasteiger partial charge in [0, 0.05) is 25.4 Å². The molecule has 1 aromatic heterocycles. The van der Waals surface area contributed by atoms with Crippen LogP contribution >= 0.6 is 0 Å². The summed E-state index contributed by atoms with van der Waals surface area (Å²) in [7, 11) is 1.85. The quantitative estimate of drug-likeness (QED) is 0.845. The highest BCUT2D eigenvalue weighted by atomic mass is 16.5. The van der Waals surface area contributed by atoms with Crippen LogP contribution in [-0.2, 0) is 13.5 Å². The molecule has 6 heteroatoms. The molecule has 0 saturated heterocycles. The molecule has 0 spiro atoms. The van der Waals surface area contributed by atoms with E-state index in [1.54, 1.807) is 23.0 Å². The molecule has 1 N–H and O–H groups in total. The highest BCUT2D eigenvalue weighted by Crippen LogP contribution is 2.31. The van der Waals surface area contributed by atoms with Gasteiger partial charge in [0.05, 0.1) is 13.2 Å². The zero-order valence-electron chi connectivity index (χ0n) is 12.1. The number of hydrogen-bond donors (Lipinski definition) is 1. The zero-order valence-corrected chi connectivity index (χ0v) is 12.1. The summed E-state index contributed by atoms with van der Waals surface area (Å²) < 4.78 is 12.9. The van der Waals surface area contributed by atoms with Crippen LogP contribution in [0.4, 0.5) is 0 Å². The van der Waals surface area contributed by atoms with Gasteiger partial charge in [-0.1, -0.05) is 6.07 Å². The van der Waals surface area contributed by atoms with E-state index in [1.165, 1.54) is 6.07 Å². The molecule has 1 heterocycles. The summed E-state index contributed by atoms with van der Waals surface area (Å²) in [5.74, 6) is -0.316. The molecule has 0 aliphatic heterocycles. The lowest BCUT2D eigenvalue weighted by Gasteiger charge is -2.14. The lowest BCUT2D eigenvalue weighted by atomic mass is 10.2. The highest BCUT2D eigenvalue weighted by molar-refractivity contribution is 5.92. The Balaban J connectivity index is 2.13. The fourth-order valence-corrected chi connectivity index (χ4v) is 2.01. The Kier molecular flexibility index (Phi) is 4.81. The summed E-state index contributed by atoms with van der Waals surface area (Å²) in [6, 6.07) is 6.75. The molecule has 2 rings (SSSR count). The maximum absolute atomic E-state index is 11.3. The monoisotopic (exact) mass is 290 g/mol. The molecule has 0 atom stereocenters. The van der Waals surface area contributed by atoms with E-state index in [4.69, 9.17) is 9.47 Å². The molecule has 0 radical (unpaired) electrons. The smallest absolute Gasteiger partial charge is 0.339 e. The number of ether oxygens (including phenoxy) is 2. The van der Waals surface area contributed by atoms with Crippen molar-refractivity contribution < 1.29 is 19.4 Å². The Labute approximate surface area is 122 Å². The Morgan fingerprint density at radius 1 is 1.33 bits per heavy atom. The first-order valence-electron chi connectivity index (χ1n) is 6.72. The molecule has 0 saturated carbocycles. The van der Waals surface area contributed by atoms with Crippen molar-refractivity contribution in [3.8, 4) is 11.5 Å². The van der Waals surface area contributed by atoms with E-state index < -0.39 is 5.97 Å². The molecule has 0 unspecified atom stereocenters. The fraction of sp³-hybridized carbons (Fsp3) is 0.333. The van der Waals surface area contributed by atoms with Crippen molar-refractivity contribution in [2.75, 3.05) is 13.2 Å². The lowest BCUT2D eigenvalue weighted by Crippen LogP contribution is -2.10. The fourth-order valence-electron chi connectivity index (χ4n) is 2.01. The first kappa shape index (κ1) is 14.9. The van der Waals surface area contributed by atoms with Crippen LogP contribution in [0.5, 0.6) is 11.5 Å². The van der Waals surface area contributed by atoms with E-state index in [0.29, 0.717) is 25.4 Å². The van der Waals surface area contributed by atoms with Crippen LogP contribution in [0.3, 0.4) is 0 Å². The Morgan fingerprint density at radius 3 is 2.76 bits per heavy atom. The molecular formula is C15H18N2O4.